The molecule has 2 amide bonds. The van der Waals surface area contributed by atoms with E-state index in [1.165, 1.54) is 22.7 Å². The van der Waals surface area contributed by atoms with Gasteiger partial charge in [0.05, 0.1) is 10.9 Å². The summed E-state index contributed by atoms with van der Waals surface area (Å²) in [6.45, 7) is 0. The van der Waals surface area contributed by atoms with Gasteiger partial charge in [-0.1, -0.05) is 35.9 Å². The van der Waals surface area contributed by atoms with E-state index >= 15 is 0 Å². The van der Waals surface area contributed by atoms with Crippen LogP contribution in [-0.2, 0) is 9.59 Å². The summed E-state index contributed by atoms with van der Waals surface area (Å²) in [5.74, 6) is -0.732. The lowest BCUT2D eigenvalue weighted by Gasteiger charge is -2.15. The Labute approximate surface area is 194 Å². The zero-order valence-corrected chi connectivity index (χ0v) is 18.5. The Balaban J connectivity index is 1.45. The third-order valence-electron chi connectivity index (χ3n) is 4.93. The predicted octanol–water partition coefficient (Wildman–Crippen LogP) is 5.24. The highest BCUT2D eigenvalue weighted by Gasteiger charge is 2.40. The molecule has 4 rings (SSSR count). The van der Waals surface area contributed by atoms with E-state index in [2.05, 4.69) is 0 Å². The number of ketones is 1. The summed E-state index contributed by atoms with van der Waals surface area (Å²) in [4.78, 5) is 39.9. The van der Waals surface area contributed by atoms with Gasteiger partial charge in [-0.25, -0.2) is 4.90 Å². The Morgan fingerprint density at radius 1 is 1.03 bits per heavy atom. The number of nitrogens with two attached hydrogens (primary N) is 1. The van der Waals surface area contributed by atoms with Crippen LogP contribution in [0.2, 0.25) is 5.02 Å². The van der Waals surface area contributed by atoms with E-state index in [9.17, 15) is 14.4 Å². The molecule has 3 aromatic carbocycles. The largest absolute Gasteiger partial charge is 0.399 e. The van der Waals surface area contributed by atoms with Gasteiger partial charge in [0.1, 0.15) is 0 Å². The van der Waals surface area contributed by atoms with Crippen LogP contribution >= 0.6 is 23.4 Å². The molecule has 32 heavy (non-hydrogen) atoms. The topological polar surface area (TPSA) is 80.5 Å². The standard InChI is InChI=1S/C25H19ClN2O3S/c26-18-4-1-3-16(13-18)7-12-22(29)17-8-10-20(11-9-17)28-24(30)15-23(25(28)31)32-21-6-2-5-19(27)14-21/h1-14,23H,15,27H2/b12-7+. The van der Waals surface area contributed by atoms with Gasteiger partial charge in [0, 0.05) is 27.6 Å². The van der Waals surface area contributed by atoms with Gasteiger partial charge < -0.3 is 5.73 Å². The molecule has 0 saturated carbocycles. The number of anilines is 2. The minimum atomic E-state index is -0.508. The van der Waals surface area contributed by atoms with Gasteiger partial charge in [0.2, 0.25) is 11.8 Å². The number of hydrogen-bond acceptors (Lipinski definition) is 5. The molecule has 0 aromatic heterocycles. The summed E-state index contributed by atoms with van der Waals surface area (Å²) >= 11 is 7.28. The smallest absolute Gasteiger partial charge is 0.247 e. The van der Waals surface area contributed by atoms with Crippen molar-refractivity contribution in [3.63, 3.8) is 0 Å². The van der Waals surface area contributed by atoms with Gasteiger partial charge in [-0.05, 0) is 66.2 Å². The van der Waals surface area contributed by atoms with Crippen molar-refractivity contribution in [3.05, 3.63) is 95.0 Å². The first-order valence-electron chi connectivity index (χ1n) is 9.88. The van der Waals surface area contributed by atoms with Crippen LogP contribution < -0.4 is 10.6 Å². The third kappa shape index (κ3) is 4.93. The van der Waals surface area contributed by atoms with Gasteiger partial charge in [-0.15, -0.1) is 11.8 Å². The third-order valence-corrected chi connectivity index (χ3v) is 6.34. The normalized spacial score (nSPS) is 16.2. The molecule has 0 spiro atoms. The van der Waals surface area contributed by atoms with E-state index in [1.807, 2.05) is 24.3 Å². The molecule has 160 valence electrons. The van der Waals surface area contributed by atoms with Gasteiger partial charge in [-0.2, -0.15) is 0 Å². The number of carbonyl (C=O) groups excluding carboxylic acids is 3. The number of thioether (sulfide) groups is 1. The van der Waals surface area contributed by atoms with Crippen molar-refractivity contribution < 1.29 is 14.4 Å². The molecule has 1 heterocycles. The molecule has 1 atom stereocenters. The van der Waals surface area contributed by atoms with Gasteiger partial charge in [0.25, 0.3) is 0 Å². The summed E-state index contributed by atoms with van der Waals surface area (Å²) < 4.78 is 0. The monoisotopic (exact) mass is 462 g/mol. The van der Waals surface area contributed by atoms with Gasteiger partial charge >= 0.3 is 0 Å². The van der Waals surface area contributed by atoms with Crippen LogP contribution in [0.15, 0.2) is 83.8 Å². The average molecular weight is 463 g/mol. The number of imide groups is 1. The minimum absolute atomic E-state index is 0.112. The molecule has 7 heteroatoms. The summed E-state index contributed by atoms with van der Waals surface area (Å²) in [5, 5.41) is 0.0855. The fourth-order valence-corrected chi connectivity index (χ4v) is 4.69. The molecule has 1 aliphatic heterocycles. The lowest BCUT2D eigenvalue weighted by molar-refractivity contribution is -0.121. The van der Waals surface area contributed by atoms with Crippen molar-refractivity contribution in [2.45, 2.75) is 16.6 Å². The quantitative estimate of drug-likeness (QED) is 0.234. The fraction of sp³-hybridized carbons (Fsp3) is 0.0800. The molecule has 1 aliphatic rings. The number of allylic oxidation sites excluding steroid dienone is 1. The molecular weight excluding hydrogens is 444 g/mol. The first-order chi connectivity index (χ1) is 15.4. The molecule has 1 fully saturated rings. The van der Waals surface area contributed by atoms with E-state index in [1.54, 1.807) is 54.6 Å². The number of nitrogens with zero attached hydrogens (tertiary/aromatic N) is 1. The Morgan fingerprint density at radius 3 is 2.50 bits per heavy atom. The number of hydrogen-bond donors (Lipinski definition) is 1. The highest BCUT2D eigenvalue weighted by atomic mass is 35.5. The van der Waals surface area contributed by atoms with Crippen molar-refractivity contribution in [1.29, 1.82) is 0 Å². The fourth-order valence-electron chi connectivity index (χ4n) is 3.37. The van der Waals surface area contributed by atoms with E-state index in [4.69, 9.17) is 17.3 Å². The average Bonchev–Trinajstić information content (AvgIpc) is 3.05. The van der Waals surface area contributed by atoms with Crippen LogP contribution in [0.3, 0.4) is 0 Å². The highest BCUT2D eigenvalue weighted by Crippen LogP contribution is 2.34. The number of halogens is 1. The van der Waals surface area contributed by atoms with Gasteiger partial charge in [0.15, 0.2) is 5.78 Å². The molecule has 1 saturated heterocycles. The molecule has 3 aromatic rings. The van der Waals surface area contributed by atoms with Gasteiger partial charge in [-0.3, -0.25) is 14.4 Å². The Morgan fingerprint density at radius 2 is 1.78 bits per heavy atom. The van der Waals surface area contributed by atoms with Crippen molar-refractivity contribution in [3.8, 4) is 0 Å². The van der Waals surface area contributed by atoms with Crippen LogP contribution in [0.1, 0.15) is 22.3 Å². The lowest BCUT2D eigenvalue weighted by Crippen LogP contribution is -2.31. The number of rotatable bonds is 6. The maximum atomic E-state index is 12.9. The van der Waals surface area contributed by atoms with Crippen LogP contribution in [0.5, 0.6) is 0 Å². The molecular formula is C25H19ClN2O3S. The Bertz CT molecular complexity index is 1220. The molecule has 0 radical (unpaired) electrons. The van der Waals surface area contributed by atoms with Crippen LogP contribution in [0.4, 0.5) is 11.4 Å². The summed E-state index contributed by atoms with van der Waals surface area (Å²) in [6, 6.07) is 20.9. The molecule has 0 aliphatic carbocycles. The number of benzene rings is 3. The summed E-state index contributed by atoms with van der Waals surface area (Å²) in [7, 11) is 0. The second-order valence-electron chi connectivity index (χ2n) is 7.25. The van der Waals surface area contributed by atoms with E-state index in [-0.39, 0.29) is 24.0 Å². The zero-order chi connectivity index (χ0) is 22.7. The molecule has 1 unspecified atom stereocenters. The van der Waals surface area contributed by atoms with Crippen LogP contribution in [-0.4, -0.2) is 22.8 Å². The van der Waals surface area contributed by atoms with E-state index < -0.39 is 5.25 Å². The van der Waals surface area contributed by atoms with Crippen molar-refractivity contribution in [2.24, 2.45) is 0 Å². The zero-order valence-electron chi connectivity index (χ0n) is 16.9. The first kappa shape index (κ1) is 21.9. The lowest BCUT2D eigenvalue weighted by atomic mass is 10.1. The number of nitrogen functional groups attached to an aromatic ring is 1. The van der Waals surface area contributed by atoms with Crippen molar-refractivity contribution in [1.82, 2.24) is 0 Å². The number of amides is 2. The molecule has 5 nitrogen and oxygen atoms in total. The number of carbonyl (C=O) groups is 3. The van der Waals surface area contributed by atoms with E-state index in [0.29, 0.717) is 22.0 Å². The first-order valence-corrected chi connectivity index (χ1v) is 11.1. The predicted molar refractivity (Wildman–Crippen MR) is 129 cm³/mol. The van der Waals surface area contributed by atoms with Crippen molar-refractivity contribution >= 4 is 58.4 Å². The Hall–Kier alpha value is -3.35. The summed E-state index contributed by atoms with van der Waals surface area (Å²) in [5.41, 5.74) is 8.13. The maximum Gasteiger partial charge on any atom is 0.247 e. The van der Waals surface area contributed by atoms with Crippen molar-refractivity contribution in [2.75, 3.05) is 10.6 Å². The second kappa shape index (κ2) is 9.42. The van der Waals surface area contributed by atoms with Crippen LogP contribution in [0.25, 0.3) is 6.08 Å². The van der Waals surface area contributed by atoms with Crippen LogP contribution in [0, 0.1) is 0 Å². The second-order valence-corrected chi connectivity index (χ2v) is 8.96. The Kier molecular flexibility index (Phi) is 6.44. The molecule has 2 N–H and O–H groups in total. The molecule has 0 bridgehead atoms. The van der Waals surface area contributed by atoms with E-state index in [0.717, 1.165) is 10.5 Å². The highest BCUT2D eigenvalue weighted by molar-refractivity contribution is 8.00. The minimum Gasteiger partial charge on any atom is -0.399 e. The maximum absolute atomic E-state index is 12.9. The summed E-state index contributed by atoms with van der Waals surface area (Å²) in [6.07, 6.45) is 3.26. The SMILES string of the molecule is Nc1cccc(SC2CC(=O)N(c3ccc(C(=O)/C=C/c4cccc(Cl)c4)cc3)C2=O)c1.